The minimum atomic E-state index is -1.30. The number of nitrogens with zero attached hydrogens (tertiary/aromatic N) is 1. The van der Waals surface area contributed by atoms with Gasteiger partial charge in [0.05, 0.1) is 39.8 Å². The van der Waals surface area contributed by atoms with E-state index in [9.17, 15) is 19.8 Å². The van der Waals surface area contributed by atoms with E-state index in [1.807, 2.05) is 19.2 Å². The van der Waals surface area contributed by atoms with E-state index >= 15 is 0 Å². The molecule has 10 heteroatoms. The van der Waals surface area contributed by atoms with Crippen molar-refractivity contribution in [3.05, 3.63) is 21.1 Å². The summed E-state index contributed by atoms with van der Waals surface area (Å²) in [5.74, 6) is -1.86. The highest BCUT2D eigenvalue weighted by Crippen LogP contribution is 2.48. The quantitative estimate of drug-likeness (QED) is 0.310. The van der Waals surface area contributed by atoms with E-state index in [1.165, 1.54) is 11.3 Å². The molecule has 3 heterocycles. The number of carbonyl (C=O) groups excluding carboxylic acids is 2. The smallest absolute Gasteiger partial charge is 0.309 e. The number of aliphatic hydroxyl groups excluding tert-OH is 2. The second-order valence-corrected chi connectivity index (χ2v) is 12.5. The lowest BCUT2D eigenvalue weighted by Crippen LogP contribution is -2.45. The summed E-state index contributed by atoms with van der Waals surface area (Å²) in [5, 5.41) is 23.7. The van der Waals surface area contributed by atoms with Gasteiger partial charge < -0.3 is 19.7 Å². The second kappa shape index (κ2) is 11.2. The fourth-order valence-corrected chi connectivity index (χ4v) is 5.74. The van der Waals surface area contributed by atoms with E-state index in [4.69, 9.17) is 32.7 Å². The van der Waals surface area contributed by atoms with Gasteiger partial charge in [-0.3, -0.25) is 9.59 Å². The third-order valence-corrected chi connectivity index (χ3v) is 8.87. The molecule has 1 aromatic heterocycles. The summed E-state index contributed by atoms with van der Waals surface area (Å²) in [6, 6.07) is 0. The van der Waals surface area contributed by atoms with E-state index in [0.717, 1.165) is 5.01 Å². The first-order valence-corrected chi connectivity index (χ1v) is 13.6. The fourth-order valence-electron chi connectivity index (χ4n) is 4.59. The van der Waals surface area contributed by atoms with Crippen LogP contribution in [-0.4, -0.2) is 56.4 Å². The molecule has 2 aliphatic rings. The molecule has 0 aromatic carbocycles. The van der Waals surface area contributed by atoms with Crippen LogP contribution in [0, 0.1) is 24.2 Å². The van der Waals surface area contributed by atoms with Crippen molar-refractivity contribution in [3.63, 3.8) is 0 Å². The number of carbonyl (C=O) groups is 2. The Morgan fingerprint density at radius 1 is 1.29 bits per heavy atom. The number of Topliss-reactive ketones (excluding diaryl/α,β-unsaturated/α-hetero) is 1. The Labute approximate surface area is 220 Å². The number of ether oxygens (including phenoxy) is 2. The van der Waals surface area contributed by atoms with Gasteiger partial charge in [-0.25, -0.2) is 4.98 Å². The first kappa shape index (κ1) is 28.5. The van der Waals surface area contributed by atoms with Crippen molar-refractivity contribution in [2.75, 3.05) is 0 Å². The normalized spacial score (nSPS) is 37.5. The lowest BCUT2D eigenvalue weighted by molar-refractivity contribution is -0.154. The molecule has 0 unspecified atom stereocenters. The number of aromatic nitrogens is 1. The van der Waals surface area contributed by atoms with Crippen LogP contribution in [-0.2, 0) is 19.1 Å². The van der Waals surface area contributed by atoms with Gasteiger partial charge >= 0.3 is 5.97 Å². The molecule has 0 radical (unpaired) electrons. The Balaban J connectivity index is 1.85. The van der Waals surface area contributed by atoms with Gasteiger partial charge in [0.15, 0.2) is 5.06 Å². The van der Waals surface area contributed by atoms with Crippen molar-refractivity contribution in [2.45, 2.75) is 96.2 Å². The van der Waals surface area contributed by atoms with Crippen LogP contribution in [0.4, 0.5) is 0 Å². The fraction of sp³-hybridized carbons (Fsp3) is 0.720. The summed E-state index contributed by atoms with van der Waals surface area (Å²) >= 11 is 14.7. The molecular weight excluding hydrogens is 513 g/mol. The Morgan fingerprint density at radius 2 is 1.97 bits per heavy atom. The zero-order chi connectivity index (χ0) is 26.1. The maximum absolute atomic E-state index is 13.2. The van der Waals surface area contributed by atoms with Crippen LogP contribution in [0.2, 0.25) is 0 Å². The highest BCUT2D eigenvalue weighted by Gasteiger charge is 2.56. The van der Waals surface area contributed by atoms with Gasteiger partial charge in [0.2, 0.25) is 0 Å². The molecule has 35 heavy (non-hydrogen) atoms. The maximum atomic E-state index is 13.2. The molecule has 2 saturated heterocycles. The van der Waals surface area contributed by atoms with E-state index in [0.29, 0.717) is 25.0 Å². The van der Waals surface area contributed by atoms with E-state index in [1.54, 1.807) is 26.8 Å². The van der Waals surface area contributed by atoms with Crippen LogP contribution in [0.15, 0.2) is 10.4 Å². The molecule has 0 aliphatic carbocycles. The average Bonchev–Trinajstić information content (AvgIpc) is 3.22. The van der Waals surface area contributed by atoms with E-state index < -0.39 is 47.1 Å². The van der Waals surface area contributed by atoms with Crippen LogP contribution in [0.5, 0.6) is 0 Å². The molecule has 2 fully saturated rings. The maximum Gasteiger partial charge on any atom is 0.309 e. The third kappa shape index (κ3) is 6.84. The predicted molar refractivity (Wildman–Crippen MR) is 136 cm³/mol. The number of aliphatic hydroxyl groups is 2. The number of fused-ring (bicyclic) bond motifs is 1. The summed E-state index contributed by atoms with van der Waals surface area (Å²) < 4.78 is 11.4. The number of esters is 1. The third-order valence-electron chi connectivity index (χ3n) is 7.21. The minimum absolute atomic E-state index is 0.149. The van der Waals surface area contributed by atoms with Crippen molar-refractivity contribution < 1.29 is 29.3 Å². The highest BCUT2D eigenvalue weighted by molar-refractivity contribution is 7.09. The van der Waals surface area contributed by atoms with Gasteiger partial charge in [-0.05, 0) is 38.2 Å². The summed E-state index contributed by atoms with van der Waals surface area (Å²) in [5.41, 5.74) is -0.600. The molecule has 0 spiro atoms. The molecule has 7 nitrogen and oxygen atoms in total. The Hall–Kier alpha value is -1.03. The van der Waals surface area contributed by atoms with Gasteiger partial charge in [-0.2, -0.15) is 0 Å². The molecule has 0 saturated carbocycles. The van der Waals surface area contributed by atoms with Gasteiger partial charge in [0.1, 0.15) is 18.0 Å². The summed E-state index contributed by atoms with van der Waals surface area (Å²) in [6.07, 6.45) is 0.0301. The minimum Gasteiger partial charge on any atom is -0.456 e. The van der Waals surface area contributed by atoms with Crippen molar-refractivity contribution in [1.29, 1.82) is 0 Å². The van der Waals surface area contributed by atoms with Crippen molar-refractivity contribution in [1.82, 2.24) is 4.98 Å². The largest absolute Gasteiger partial charge is 0.456 e. The van der Waals surface area contributed by atoms with Crippen LogP contribution in [0.3, 0.4) is 0 Å². The zero-order valence-electron chi connectivity index (χ0n) is 20.8. The molecule has 0 bridgehead atoms. The molecule has 7 atom stereocenters. The number of aryl methyl sites for hydroxylation is 1. The van der Waals surface area contributed by atoms with Gasteiger partial charge in [0, 0.05) is 17.7 Å². The van der Waals surface area contributed by atoms with Crippen molar-refractivity contribution in [2.24, 2.45) is 17.3 Å². The molecule has 2 N–H and O–H groups in total. The predicted octanol–water partition coefficient (Wildman–Crippen LogP) is 4.83. The van der Waals surface area contributed by atoms with Gasteiger partial charge in [-0.1, -0.05) is 50.9 Å². The lowest BCUT2D eigenvalue weighted by Gasteiger charge is -2.34. The van der Waals surface area contributed by atoms with Crippen molar-refractivity contribution >= 4 is 52.4 Å². The Morgan fingerprint density at radius 3 is 2.60 bits per heavy atom. The van der Waals surface area contributed by atoms with Crippen LogP contribution < -0.4 is 0 Å². The van der Waals surface area contributed by atoms with Crippen molar-refractivity contribution in [3.8, 4) is 0 Å². The molecule has 0 amide bonds. The van der Waals surface area contributed by atoms with E-state index in [2.05, 4.69) is 4.98 Å². The van der Waals surface area contributed by atoms with Crippen LogP contribution in [0.1, 0.15) is 70.5 Å². The SMILES string of the molecule is Cc1nc(C=C(Cl)[C@@H]2C[C@@H]3O[C@]3(Cl)CCC[C@H](C)[C@H](O)[C@@H](C)C(=O)C(C)(C)[C@@H](O)CC(=O)O2)cs1. The summed E-state index contributed by atoms with van der Waals surface area (Å²) in [7, 11) is 0. The highest BCUT2D eigenvalue weighted by atomic mass is 35.5. The number of halogens is 2. The van der Waals surface area contributed by atoms with Crippen LogP contribution in [0.25, 0.3) is 6.08 Å². The molecule has 2 aliphatic heterocycles. The van der Waals surface area contributed by atoms with E-state index in [-0.39, 0.29) is 29.3 Å². The number of hydrogen-bond acceptors (Lipinski definition) is 8. The summed E-state index contributed by atoms with van der Waals surface area (Å²) in [4.78, 5) is 30.4. The van der Waals surface area contributed by atoms with Crippen LogP contribution >= 0.6 is 34.5 Å². The zero-order valence-corrected chi connectivity index (χ0v) is 23.1. The Bertz CT molecular complexity index is 966. The number of hydrogen-bond donors (Lipinski definition) is 2. The molecule has 196 valence electrons. The number of cyclic esters (lactones) is 1. The Kier molecular flexibility index (Phi) is 9.09. The monoisotopic (exact) mass is 547 g/mol. The second-order valence-electron chi connectivity index (χ2n) is 10.4. The topological polar surface area (TPSA) is 109 Å². The number of rotatable bonds is 2. The van der Waals surface area contributed by atoms with Gasteiger partial charge in [0.25, 0.3) is 0 Å². The molecule has 3 rings (SSSR count). The first-order chi connectivity index (χ1) is 16.2. The van der Waals surface area contributed by atoms with Gasteiger partial charge in [-0.15, -0.1) is 11.3 Å². The molecule has 1 aromatic rings. The average molecular weight is 549 g/mol. The lowest BCUT2D eigenvalue weighted by atomic mass is 9.73. The number of alkyl halides is 1. The number of ketones is 1. The summed E-state index contributed by atoms with van der Waals surface area (Å²) in [6.45, 7) is 8.60. The first-order valence-electron chi connectivity index (χ1n) is 12.0. The number of thiazole rings is 1. The number of epoxide rings is 1. The standard InChI is InChI=1S/C25H35Cl2NO6S/c1-13-7-6-8-25(27)20(34-25)10-18(17(26)9-16-12-35-15(3)28-16)33-21(30)11-19(29)24(4,5)23(32)14(2)22(13)31/h9,12-14,18-20,22,29,31H,6-8,10-11H2,1-5H3/t13-,14+,18-,19-,20-,22-,25+/m0/s1. The molecular formula is C25H35Cl2NO6S.